The number of alkyl halides is 1. The Kier molecular flexibility index (Phi) is 10.3. The SMILES string of the molecule is CN(CCCCCl)CCCN1c2ccccc2CCc2ccccc21.O=C(O)C(=O)O. The molecule has 6 nitrogen and oxygen atoms in total. The molecule has 3 rings (SSSR count). The summed E-state index contributed by atoms with van der Waals surface area (Å²) in [7, 11) is 2.22. The van der Waals surface area contributed by atoms with Crippen molar-refractivity contribution in [2.75, 3.05) is 37.5 Å². The van der Waals surface area contributed by atoms with E-state index in [1.165, 1.54) is 35.3 Å². The molecule has 0 amide bonds. The van der Waals surface area contributed by atoms with Crippen molar-refractivity contribution in [3.05, 3.63) is 59.7 Å². The van der Waals surface area contributed by atoms with Crippen LogP contribution in [-0.4, -0.2) is 59.6 Å². The molecule has 1 heterocycles. The topological polar surface area (TPSA) is 81.1 Å². The number of anilines is 2. The first kappa shape index (κ1) is 24.7. The number of halogens is 1. The maximum Gasteiger partial charge on any atom is 0.414 e. The Morgan fingerprint density at radius 3 is 1.84 bits per heavy atom. The predicted octanol–water partition coefficient (Wildman–Crippen LogP) is 4.42. The number of aliphatic carboxylic acids is 2. The molecule has 7 heteroatoms. The summed E-state index contributed by atoms with van der Waals surface area (Å²) in [5, 5.41) is 14.8. The lowest BCUT2D eigenvalue weighted by molar-refractivity contribution is -0.159. The summed E-state index contributed by atoms with van der Waals surface area (Å²) in [5.41, 5.74) is 5.71. The number of nitrogens with zero attached hydrogens (tertiary/aromatic N) is 2. The van der Waals surface area contributed by atoms with Gasteiger partial charge in [0.05, 0.1) is 0 Å². The van der Waals surface area contributed by atoms with Gasteiger partial charge in [-0.05, 0) is 75.5 Å². The zero-order chi connectivity index (χ0) is 22.6. The predicted molar refractivity (Wildman–Crippen MR) is 125 cm³/mol. The number of rotatable bonds is 8. The second-order valence-corrected chi connectivity index (χ2v) is 7.95. The average molecular weight is 447 g/mol. The molecule has 2 aromatic rings. The second kappa shape index (κ2) is 13.0. The van der Waals surface area contributed by atoms with Crippen molar-refractivity contribution in [3.8, 4) is 0 Å². The van der Waals surface area contributed by atoms with Gasteiger partial charge in [0, 0.05) is 23.8 Å². The molecule has 2 aromatic carbocycles. The van der Waals surface area contributed by atoms with E-state index in [0.717, 1.165) is 44.8 Å². The smallest absolute Gasteiger partial charge is 0.414 e. The number of carboxylic acids is 2. The molecule has 0 saturated heterocycles. The summed E-state index contributed by atoms with van der Waals surface area (Å²) in [6.45, 7) is 3.33. The van der Waals surface area contributed by atoms with Crippen LogP contribution in [0, 0.1) is 0 Å². The molecule has 0 aliphatic carbocycles. The van der Waals surface area contributed by atoms with E-state index in [9.17, 15) is 0 Å². The van der Waals surface area contributed by atoms with Gasteiger partial charge < -0.3 is 20.0 Å². The van der Waals surface area contributed by atoms with Crippen LogP contribution in [0.3, 0.4) is 0 Å². The fourth-order valence-electron chi connectivity index (χ4n) is 3.70. The van der Waals surface area contributed by atoms with Crippen molar-refractivity contribution in [2.45, 2.75) is 32.1 Å². The molecule has 0 aromatic heterocycles. The fourth-order valence-corrected chi connectivity index (χ4v) is 3.89. The van der Waals surface area contributed by atoms with Gasteiger partial charge in [0.2, 0.25) is 0 Å². The number of aryl methyl sites for hydroxylation is 2. The number of hydrogen-bond acceptors (Lipinski definition) is 4. The van der Waals surface area contributed by atoms with Crippen molar-refractivity contribution in [2.24, 2.45) is 0 Å². The molecule has 0 unspecified atom stereocenters. The van der Waals surface area contributed by atoms with E-state index in [2.05, 4.69) is 65.4 Å². The number of para-hydroxylation sites is 2. The summed E-state index contributed by atoms with van der Waals surface area (Å²) in [6, 6.07) is 17.8. The Morgan fingerprint density at radius 2 is 1.35 bits per heavy atom. The summed E-state index contributed by atoms with van der Waals surface area (Å²) >= 11 is 5.78. The molecule has 0 bridgehead atoms. The maximum absolute atomic E-state index is 9.10. The van der Waals surface area contributed by atoms with Gasteiger partial charge in [-0.15, -0.1) is 11.6 Å². The fraction of sp³-hybridized carbons (Fsp3) is 0.417. The molecule has 1 aliphatic heterocycles. The lowest BCUT2D eigenvalue weighted by atomic mass is 10.0. The molecule has 0 radical (unpaired) electrons. The van der Waals surface area contributed by atoms with Crippen LogP contribution in [0.4, 0.5) is 11.4 Å². The third-order valence-corrected chi connectivity index (χ3v) is 5.52. The van der Waals surface area contributed by atoms with E-state index in [-0.39, 0.29) is 0 Å². The number of unbranched alkanes of at least 4 members (excludes halogenated alkanes) is 1. The quantitative estimate of drug-likeness (QED) is 0.355. The first-order chi connectivity index (χ1) is 14.9. The molecule has 0 atom stereocenters. The van der Waals surface area contributed by atoms with Gasteiger partial charge in [0.15, 0.2) is 0 Å². The third-order valence-electron chi connectivity index (χ3n) is 5.26. The van der Waals surface area contributed by atoms with Gasteiger partial charge in [-0.3, -0.25) is 0 Å². The maximum atomic E-state index is 9.10. The van der Waals surface area contributed by atoms with E-state index >= 15 is 0 Å². The number of hydrogen-bond donors (Lipinski definition) is 2. The zero-order valence-corrected chi connectivity index (χ0v) is 18.7. The van der Waals surface area contributed by atoms with Crippen LogP contribution >= 0.6 is 11.6 Å². The van der Waals surface area contributed by atoms with Crippen LogP contribution in [0.5, 0.6) is 0 Å². The first-order valence-electron chi connectivity index (χ1n) is 10.6. The minimum Gasteiger partial charge on any atom is -0.473 e. The lowest BCUT2D eigenvalue weighted by Crippen LogP contribution is -2.26. The van der Waals surface area contributed by atoms with E-state index in [1.54, 1.807) is 0 Å². The van der Waals surface area contributed by atoms with Gasteiger partial charge >= 0.3 is 11.9 Å². The van der Waals surface area contributed by atoms with Gasteiger partial charge in [-0.1, -0.05) is 36.4 Å². The number of carboxylic acid groups (broad SMARTS) is 2. The Labute approximate surface area is 189 Å². The number of fused-ring (bicyclic) bond motifs is 2. The van der Waals surface area contributed by atoms with Crippen LogP contribution in [0.1, 0.15) is 30.4 Å². The van der Waals surface area contributed by atoms with Crippen LogP contribution in [0.2, 0.25) is 0 Å². The summed E-state index contributed by atoms with van der Waals surface area (Å²) in [6.07, 6.45) is 5.72. The Morgan fingerprint density at radius 1 is 0.871 bits per heavy atom. The van der Waals surface area contributed by atoms with Gasteiger partial charge in [0.25, 0.3) is 0 Å². The minimum absolute atomic E-state index is 0.773. The van der Waals surface area contributed by atoms with Crippen molar-refractivity contribution >= 4 is 34.9 Å². The van der Waals surface area contributed by atoms with E-state index in [1.807, 2.05) is 0 Å². The summed E-state index contributed by atoms with van der Waals surface area (Å²) in [5.74, 6) is -2.88. The average Bonchev–Trinajstić information content (AvgIpc) is 2.92. The Hall–Kier alpha value is -2.57. The molecule has 2 N–H and O–H groups in total. The minimum atomic E-state index is -1.82. The molecule has 168 valence electrons. The van der Waals surface area contributed by atoms with E-state index in [0.29, 0.717) is 0 Å². The van der Waals surface area contributed by atoms with E-state index < -0.39 is 11.9 Å². The van der Waals surface area contributed by atoms with Gasteiger partial charge in [-0.25, -0.2) is 9.59 Å². The van der Waals surface area contributed by atoms with Crippen molar-refractivity contribution in [1.29, 1.82) is 0 Å². The first-order valence-corrected chi connectivity index (χ1v) is 11.1. The highest BCUT2D eigenvalue weighted by Gasteiger charge is 2.19. The summed E-state index contributed by atoms with van der Waals surface area (Å²) in [4.78, 5) is 23.2. The van der Waals surface area contributed by atoms with Crippen LogP contribution in [-0.2, 0) is 22.4 Å². The highest BCUT2D eigenvalue weighted by Crippen LogP contribution is 2.35. The van der Waals surface area contributed by atoms with Crippen LogP contribution in [0.15, 0.2) is 48.5 Å². The molecule has 1 aliphatic rings. The molecular weight excluding hydrogens is 416 g/mol. The standard InChI is InChI=1S/C22H29ClN2.C2H2O4/c1-24(16-7-6-15-23)17-8-18-25-21-11-4-2-9-19(21)13-14-20-10-3-5-12-22(20)25;3-1(4)2(5)6/h2-5,9-12H,6-8,13-18H2,1H3;(H,3,4)(H,5,6). The monoisotopic (exact) mass is 446 g/mol. The van der Waals surface area contributed by atoms with E-state index in [4.69, 9.17) is 31.4 Å². The highest BCUT2D eigenvalue weighted by molar-refractivity contribution is 6.27. The van der Waals surface area contributed by atoms with Crippen molar-refractivity contribution < 1.29 is 19.8 Å². The molecule has 0 spiro atoms. The summed E-state index contributed by atoms with van der Waals surface area (Å²) < 4.78 is 0. The lowest BCUT2D eigenvalue weighted by Gasteiger charge is -2.28. The van der Waals surface area contributed by atoms with Crippen LogP contribution in [0.25, 0.3) is 0 Å². The van der Waals surface area contributed by atoms with Crippen molar-refractivity contribution in [3.63, 3.8) is 0 Å². The van der Waals surface area contributed by atoms with Crippen molar-refractivity contribution in [1.82, 2.24) is 4.90 Å². The second-order valence-electron chi connectivity index (χ2n) is 7.57. The van der Waals surface area contributed by atoms with Gasteiger partial charge in [-0.2, -0.15) is 0 Å². The largest absolute Gasteiger partial charge is 0.473 e. The molecular formula is C24H31ClN2O4. The van der Waals surface area contributed by atoms with Gasteiger partial charge in [0.1, 0.15) is 0 Å². The Balaban J connectivity index is 0.000000501. The number of benzene rings is 2. The van der Waals surface area contributed by atoms with Crippen LogP contribution < -0.4 is 4.90 Å². The third kappa shape index (κ3) is 7.89. The Bertz CT molecular complexity index is 799. The normalized spacial score (nSPS) is 12.3. The number of carbonyl (C=O) groups is 2. The highest BCUT2D eigenvalue weighted by atomic mass is 35.5. The molecule has 0 saturated carbocycles. The zero-order valence-electron chi connectivity index (χ0n) is 18.0. The molecule has 0 fully saturated rings. The molecule has 31 heavy (non-hydrogen) atoms.